The molecule has 2 unspecified atom stereocenters. The van der Waals surface area contributed by atoms with Crippen molar-refractivity contribution in [3.8, 4) is 0 Å². The second-order valence-corrected chi connectivity index (χ2v) is 5.23. The third-order valence-electron chi connectivity index (χ3n) is 3.67. The van der Waals surface area contributed by atoms with E-state index >= 15 is 0 Å². The van der Waals surface area contributed by atoms with Gasteiger partial charge in [-0.25, -0.2) is 0 Å². The third-order valence-corrected chi connectivity index (χ3v) is 3.67. The molecule has 17 heavy (non-hydrogen) atoms. The van der Waals surface area contributed by atoms with Gasteiger partial charge in [-0.05, 0) is 24.1 Å². The Labute approximate surface area is 101 Å². The normalized spacial score (nSPS) is 26.1. The summed E-state index contributed by atoms with van der Waals surface area (Å²) in [4.78, 5) is 15.7. The van der Waals surface area contributed by atoms with Gasteiger partial charge in [0.1, 0.15) is 0 Å². The van der Waals surface area contributed by atoms with Crippen LogP contribution >= 0.6 is 0 Å². The van der Waals surface area contributed by atoms with Gasteiger partial charge in [0.15, 0.2) is 0 Å². The summed E-state index contributed by atoms with van der Waals surface area (Å²) in [6.07, 6.45) is 4.06. The molecule has 1 saturated carbocycles. The van der Waals surface area contributed by atoms with Gasteiger partial charge in [0.25, 0.3) is 0 Å². The Balaban J connectivity index is 1.87. The van der Waals surface area contributed by atoms with Gasteiger partial charge >= 0.3 is 0 Å². The zero-order valence-electron chi connectivity index (χ0n) is 10.2. The van der Waals surface area contributed by atoms with E-state index in [0.29, 0.717) is 12.8 Å². The van der Waals surface area contributed by atoms with E-state index in [0.717, 1.165) is 5.56 Å². The second kappa shape index (κ2) is 4.45. The molecule has 2 atom stereocenters. The molecule has 0 bridgehead atoms. The summed E-state index contributed by atoms with van der Waals surface area (Å²) in [5.74, 6) is 0.00109. The molecule has 1 aromatic heterocycles. The topological polar surface area (TPSA) is 62.2 Å². The number of pyridine rings is 1. The zero-order valence-corrected chi connectivity index (χ0v) is 10.2. The van der Waals surface area contributed by atoms with E-state index in [1.807, 2.05) is 26.0 Å². The van der Waals surface area contributed by atoms with Crippen LogP contribution in [-0.4, -0.2) is 28.1 Å². The number of hydrogen-bond donors (Lipinski definition) is 2. The van der Waals surface area contributed by atoms with Crippen molar-refractivity contribution in [2.45, 2.75) is 38.8 Å². The van der Waals surface area contributed by atoms with E-state index in [2.05, 4.69) is 10.3 Å². The molecule has 1 aliphatic rings. The fourth-order valence-electron chi connectivity index (χ4n) is 2.08. The summed E-state index contributed by atoms with van der Waals surface area (Å²) < 4.78 is 0. The Kier molecular flexibility index (Phi) is 3.15. The highest BCUT2D eigenvalue weighted by Gasteiger charge is 2.47. The SMILES string of the molecule is CC1(C)C(O)CC1NC(=O)Cc1ccncc1. The maximum Gasteiger partial charge on any atom is 0.224 e. The average Bonchev–Trinajstić information content (AvgIpc) is 2.30. The Morgan fingerprint density at radius 3 is 2.71 bits per heavy atom. The van der Waals surface area contributed by atoms with Crippen molar-refractivity contribution in [3.63, 3.8) is 0 Å². The average molecular weight is 234 g/mol. The van der Waals surface area contributed by atoms with Crippen LogP contribution in [0.15, 0.2) is 24.5 Å². The monoisotopic (exact) mass is 234 g/mol. The van der Waals surface area contributed by atoms with Gasteiger partial charge in [0.05, 0.1) is 12.5 Å². The lowest BCUT2D eigenvalue weighted by molar-refractivity contribution is -0.128. The van der Waals surface area contributed by atoms with E-state index in [-0.39, 0.29) is 23.5 Å². The molecule has 1 amide bonds. The smallest absolute Gasteiger partial charge is 0.224 e. The van der Waals surface area contributed by atoms with Gasteiger partial charge in [-0.2, -0.15) is 0 Å². The molecule has 1 fully saturated rings. The van der Waals surface area contributed by atoms with Crippen LogP contribution in [-0.2, 0) is 11.2 Å². The molecule has 0 radical (unpaired) electrons. The first-order valence-electron chi connectivity index (χ1n) is 5.86. The molecule has 1 aromatic rings. The van der Waals surface area contributed by atoms with Gasteiger partial charge in [-0.15, -0.1) is 0 Å². The molecule has 4 nitrogen and oxygen atoms in total. The predicted molar refractivity (Wildman–Crippen MR) is 64.3 cm³/mol. The molecule has 0 saturated heterocycles. The summed E-state index contributed by atoms with van der Waals surface area (Å²) in [5, 5.41) is 12.6. The first-order chi connectivity index (χ1) is 8.00. The summed E-state index contributed by atoms with van der Waals surface area (Å²) in [6.45, 7) is 3.94. The number of rotatable bonds is 3. The molecule has 0 aliphatic heterocycles. The van der Waals surface area contributed by atoms with Crippen LogP contribution in [0.25, 0.3) is 0 Å². The minimum atomic E-state index is -0.311. The van der Waals surface area contributed by atoms with Crippen LogP contribution in [0.3, 0.4) is 0 Å². The highest BCUT2D eigenvalue weighted by Crippen LogP contribution is 2.40. The number of nitrogens with zero attached hydrogens (tertiary/aromatic N) is 1. The van der Waals surface area contributed by atoms with E-state index in [9.17, 15) is 9.90 Å². The van der Waals surface area contributed by atoms with Crippen LogP contribution in [0.4, 0.5) is 0 Å². The number of aliphatic hydroxyl groups excluding tert-OH is 1. The number of carbonyl (C=O) groups excluding carboxylic acids is 1. The van der Waals surface area contributed by atoms with Crippen molar-refractivity contribution >= 4 is 5.91 Å². The maximum absolute atomic E-state index is 11.8. The number of amides is 1. The van der Waals surface area contributed by atoms with Gasteiger partial charge < -0.3 is 10.4 Å². The molecule has 1 aliphatic carbocycles. The Hall–Kier alpha value is -1.42. The fourth-order valence-corrected chi connectivity index (χ4v) is 2.08. The minimum absolute atomic E-state index is 0.00109. The van der Waals surface area contributed by atoms with Crippen molar-refractivity contribution < 1.29 is 9.90 Å². The van der Waals surface area contributed by atoms with Crippen LogP contribution in [0, 0.1) is 5.41 Å². The molecule has 2 rings (SSSR count). The van der Waals surface area contributed by atoms with E-state index in [1.165, 1.54) is 0 Å². The lowest BCUT2D eigenvalue weighted by Crippen LogP contribution is -2.61. The Morgan fingerprint density at radius 2 is 2.18 bits per heavy atom. The largest absolute Gasteiger partial charge is 0.392 e. The summed E-state index contributed by atoms with van der Waals surface area (Å²) >= 11 is 0. The lowest BCUT2D eigenvalue weighted by Gasteiger charge is -2.49. The van der Waals surface area contributed by atoms with E-state index in [1.54, 1.807) is 12.4 Å². The van der Waals surface area contributed by atoms with Gasteiger partial charge in [-0.1, -0.05) is 13.8 Å². The fraction of sp³-hybridized carbons (Fsp3) is 0.538. The van der Waals surface area contributed by atoms with E-state index in [4.69, 9.17) is 0 Å². The number of aromatic nitrogens is 1. The summed E-state index contributed by atoms with van der Waals surface area (Å²) in [6, 6.07) is 3.74. The van der Waals surface area contributed by atoms with Gasteiger partial charge in [0.2, 0.25) is 5.91 Å². The lowest BCUT2D eigenvalue weighted by atomic mass is 9.64. The number of hydrogen-bond acceptors (Lipinski definition) is 3. The van der Waals surface area contributed by atoms with Gasteiger partial charge in [-0.3, -0.25) is 9.78 Å². The molecule has 0 spiro atoms. The molecular formula is C13H18N2O2. The zero-order chi connectivity index (χ0) is 12.5. The third kappa shape index (κ3) is 2.47. The minimum Gasteiger partial charge on any atom is -0.392 e. The van der Waals surface area contributed by atoms with Gasteiger partial charge in [0, 0.05) is 23.9 Å². The Morgan fingerprint density at radius 1 is 1.53 bits per heavy atom. The highest BCUT2D eigenvalue weighted by atomic mass is 16.3. The second-order valence-electron chi connectivity index (χ2n) is 5.23. The molecule has 1 heterocycles. The molecule has 92 valence electrons. The van der Waals surface area contributed by atoms with Crippen molar-refractivity contribution in [2.24, 2.45) is 5.41 Å². The number of carbonyl (C=O) groups is 1. The summed E-state index contributed by atoms with van der Waals surface area (Å²) in [5.41, 5.74) is 0.739. The molecule has 4 heteroatoms. The number of nitrogens with one attached hydrogen (secondary N) is 1. The maximum atomic E-state index is 11.8. The first kappa shape index (κ1) is 12.0. The van der Waals surface area contributed by atoms with E-state index < -0.39 is 0 Å². The van der Waals surface area contributed by atoms with Crippen molar-refractivity contribution in [1.82, 2.24) is 10.3 Å². The molecule has 2 N–H and O–H groups in total. The van der Waals surface area contributed by atoms with Crippen LogP contribution < -0.4 is 5.32 Å². The Bertz CT molecular complexity index is 403. The quantitative estimate of drug-likeness (QED) is 0.816. The van der Waals surface area contributed by atoms with Crippen LogP contribution in [0.2, 0.25) is 0 Å². The van der Waals surface area contributed by atoms with Crippen molar-refractivity contribution in [3.05, 3.63) is 30.1 Å². The predicted octanol–water partition coefficient (Wildman–Crippen LogP) is 0.900. The first-order valence-corrected chi connectivity index (χ1v) is 5.86. The standard InChI is InChI=1S/C13H18N2O2/c1-13(2)10(8-11(13)16)15-12(17)7-9-3-5-14-6-4-9/h3-6,10-11,16H,7-8H2,1-2H3,(H,15,17). The van der Waals surface area contributed by atoms with Crippen LogP contribution in [0.5, 0.6) is 0 Å². The van der Waals surface area contributed by atoms with Crippen molar-refractivity contribution in [2.75, 3.05) is 0 Å². The molecular weight excluding hydrogens is 216 g/mol. The number of aliphatic hydroxyl groups is 1. The van der Waals surface area contributed by atoms with Crippen molar-refractivity contribution in [1.29, 1.82) is 0 Å². The highest BCUT2D eigenvalue weighted by molar-refractivity contribution is 5.79. The summed E-state index contributed by atoms with van der Waals surface area (Å²) in [7, 11) is 0. The van der Waals surface area contributed by atoms with Crippen LogP contribution in [0.1, 0.15) is 25.8 Å². The molecule has 0 aromatic carbocycles.